The summed E-state index contributed by atoms with van der Waals surface area (Å²) < 4.78 is 0. The normalized spacial score (nSPS) is 14.2. The van der Waals surface area contributed by atoms with Crippen molar-refractivity contribution in [2.45, 2.75) is 16.9 Å². The Morgan fingerprint density at radius 3 is 2.08 bits per heavy atom. The molecule has 2 unspecified atom stereocenters. The molecular formula is C5H7AuO4S2. The van der Waals surface area contributed by atoms with Gasteiger partial charge in [-0.25, -0.2) is 0 Å². The minimum atomic E-state index is -1.41. The fourth-order valence-corrected chi connectivity index (χ4v) is 0.831. The Labute approximate surface area is 96.1 Å². The average Bonchev–Trinajstić information content (AvgIpc) is 1.84. The molecule has 0 aromatic carbocycles. The number of aliphatic carboxylic acids is 2. The summed E-state index contributed by atoms with van der Waals surface area (Å²) in [6.07, 6.45) is -0.342. The van der Waals surface area contributed by atoms with Gasteiger partial charge in [0.15, 0.2) is 0 Å². The molecule has 7 heteroatoms. The number of carboxylic acids is 2. The number of hydrogen-bond donors (Lipinski definition) is 3. The summed E-state index contributed by atoms with van der Waals surface area (Å²) in [7, 11) is 0. The zero-order chi connectivity index (χ0) is 9.02. The molecule has 0 aliphatic heterocycles. The first-order valence-electron chi connectivity index (χ1n) is 2.74. The van der Waals surface area contributed by atoms with Gasteiger partial charge in [-0.2, -0.15) is 25.3 Å². The molecule has 0 aromatic rings. The molecule has 2 atom stereocenters. The minimum Gasteiger partial charge on any atom is -0.549 e. The molecular weight excluding hydrogens is 385 g/mol. The van der Waals surface area contributed by atoms with Crippen LogP contribution in [0.15, 0.2) is 0 Å². The van der Waals surface area contributed by atoms with Gasteiger partial charge in [-0.1, -0.05) is 0 Å². The van der Waals surface area contributed by atoms with Crippen molar-refractivity contribution >= 4 is 37.2 Å². The van der Waals surface area contributed by atoms with E-state index in [9.17, 15) is 14.7 Å². The molecule has 0 amide bonds. The topological polar surface area (TPSA) is 77.4 Å². The van der Waals surface area contributed by atoms with Crippen molar-refractivity contribution in [1.82, 2.24) is 0 Å². The molecule has 0 saturated carbocycles. The Hall–Kier alpha value is 0.380. The second kappa shape index (κ2) is 6.85. The summed E-state index contributed by atoms with van der Waals surface area (Å²) >= 11 is 7.32. The van der Waals surface area contributed by atoms with Crippen molar-refractivity contribution in [3.63, 3.8) is 0 Å². The molecule has 0 heterocycles. The smallest absolute Gasteiger partial charge is 0.549 e. The van der Waals surface area contributed by atoms with E-state index in [0.29, 0.717) is 0 Å². The molecule has 74 valence electrons. The number of carboxylic acid groups (broad SMARTS) is 2. The van der Waals surface area contributed by atoms with Crippen molar-refractivity contribution in [1.29, 1.82) is 0 Å². The van der Waals surface area contributed by atoms with E-state index in [4.69, 9.17) is 5.11 Å². The summed E-state index contributed by atoms with van der Waals surface area (Å²) in [5.41, 5.74) is 0. The Kier molecular flexibility index (Phi) is 8.49. The Balaban J connectivity index is 0. The maximum absolute atomic E-state index is 10.1. The van der Waals surface area contributed by atoms with Gasteiger partial charge in [-0.3, -0.25) is 4.79 Å². The molecule has 0 saturated heterocycles. The fourth-order valence-electron chi connectivity index (χ4n) is 0.448. The predicted octanol–water partition coefficient (Wildman–Crippen LogP) is -1.19. The minimum absolute atomic E-state index is 0. The van der Waals surface area contributed by atoms with Crippen molar-refractivity contribution in [3.05, 3.63) is 0 Å². The molecule has 0 aliphatic carbocycles. The Bertz CT molecular complexity index is 175. The van der Waals surface area contributed by atoms with Crippen LogP contribution in [0.1, 0.15) is 6.42 Å². The van der Waals surface area contributed by atoms with Gasteiger partial charge in [0, 0.05) is 5.25 Å². The number of thiol groups is 2. The number of carbonyl (C=O) groups is 2. The molecule has 0 bridgehead atoms. The molecule has 1 N–H and O–H groups in total. The van der Waals surface area contributed by atoms with Gasteiger partial charge in [-0.05, 0) is 0 Å². The van der Waals surface area contributed by atoms with Crippen LogP contribution in [-0.2, 0) is 32.0 Å². The first-order valence-corrected chi connectivity index (χ1v) is 3.77. The summed E-state index contributed by atoms with van der Waals surface area (Å²) in [5, 5.41) is 16.3. The van der Waals surface area contributed by atoms with Crippen LogP contribution in [0.3, 0.4) is 0 Å². The van der Waals surface area contributed by atoms with Crippen molar-refractivity contribution < 1.29 is 42.2 Å². The van der Waals surface area contributed by atoms with Crippen LogP contribution in [0.2, 0.25) is 0 Å². The SMILES string of the molecule is O=C(O)CC(S)C(S)C(=O)[O-].[Au+]. The molecule has 0 rings (SSSR count). The van der Waals surface area contributed by atoms with Crippen molar-refractivity contribution in [3.8, 4) is 0 Å². The second-order valence-electron chi connectivity index (χ2n) is 1.93. The van der Waals surface area contributed by atoms with E-state index in [0.717, 1.165) is 0 Å². The first-order chi connectivity index (χ1) is 4.95. The van der Waals surface area contributed by atoms with Gasteiger partial charge in [-0.15, -0.1) is 0 Å². The average molecular weight is 392 g/mol. The van der Waals surface area contributed by atoms with Crippen LogP contribution < -0.4 is 5.11 Å². The monoisotopic (exact) mass is 392 g/mol. The number of carbonyl (C=O) groups excluding carboxylic acids is 1. The van der Waals surface area contributed by atoms with Gasteiger partial charge in [0.1, 0.15) is 0 Å². The van der Waals surface area contributed by atoms with E-state index in [-0.39, 0.29) is 28.8 Å². The zero-order valence-corrected chi connectivity index (χ0v) is 9.69. The van der Waals surface area contributed by atoms with E-state index >= 15 is 0 Å². The van der Waals surface area contributed by atoms with Gasteiger partial charge >= 0.3 is 28.3 Å². The molecule has 0 radical (unpaired) electrons. The molecule has 4 nitrogen and oxygen atoms in total. The zero-order valence-electron chi connectivity index (χ0n) is 5.73. The third-order valence-electron chi connectivity index (χ3n) is 0.990. The molecule has 12 heavy (non-hydrogen) atoms. The maximum Gasteiger partial charge on any atom is 1.00 e. The second-order valence-corrected chi connectivity index (χ2v) is 3.15. The van der Waals surface area contributed by atoms with E-state index < -0.39 is 22.4 Å². The molecule has 0 fully saturated rings. The van der Waals surface area contributed by atoms with Crippen LogP contribution in [0, 0.1) is 0 Å². The van der Waals surface area contributed by atoms with Gasteiger partial charge < -0.3 is 15.0 Å². The standard InChI is InChI=1S/C5H8O4S2.Au/c6-3(7)1-2(10)4(11)5(8)9;/h2,4,10-11H,1H2,(H,6,7)(H,8,9);/q;+1/p-1. The van der Waals surface area contributed by atoms with Gasteiger partial charge in [0.2, 0.25) is 0 Å². The van der Waals surface area contributed by atoms with Crippen molar-refractivity contribution in [2.75, 3.05) is 0 Å². The first kappa shape index (κ1) is 14.9. The summed E-state index contributed by atoms with van der Waals surface area (Å²) in [6.45, 7) is 0. The summed E-state index contributed by atoms with van der Waals surface area (Å²) in [5.74, 6) is -2.51. The number of hydrogen-bond acceptors (Lipinski definition) is 5. The Morgan fingerprint density at radius 1 is 1.42 bits per heavy atom. The quantitative estimate of drug-likeness (QED) is 0.415. The predicted molar refractivity (Wildman–Crippen MR) is 42.8 cm³/mol. The van der Waals surface area contributed by atoms with Crippen LogP contribution >= 0.6 is 25.3 Å². The Morgan fingerprint density at radius 2 is 1.83 bits per heavy atom. The fraction of sp³-hybridized carbons (Fsp3) is 0.600. The van der Waals surface area contributed by atoms with Crippen LogP contribution in [0.4, 0.5) is 0 Å². The largest absolute Gasteiger partial charge is 1.00 e. The third-order valence-corrected chi connectivity index (χ3v) is 2.28. The third kappa shape index (κ3) is 5.96. The molecule has 0 aliphatic rings. The van der Waals surface area contributed by atoms with Crippen LogP contribution in [0.5, 0.6) is 0 Å². The number of rotatable bonds is 4. The van der Waals surface area contributed by atoms with Gasteiger partial charge in [0.05, 0.1) is 17.6 Å². The van der Waals surface area contributed by atoms with E-state index in [2.05, 4.69) is 25.3 Å². The van der Waals surface area contributed by atoms with Crippen LogP contribution in [-0.4, -0.2) is 27.5 Å². The van der Waals surface area contributed by atoms with E-state index in [1.807, 2.05) is 0 Å². The van der Waals surface area contributed by atoms with Gasteiger partial charge in [0.25, 0.3) is 0 Å². The van der Waals surface area contributed by atoms with Crippen molar-refractivity contribution in [2.24, 2.45) is 0 Å². The van der Waals surface area contributed by atoms with E-state index in [1.54, 1.807) is 0 Å². The van der Waals surface area contributed by atoms with Crippen LogP contribution in [0.25, 0.3) is 0 Å². The maximum atomic E-state index is 10.1. The molecule has 0 spiro atoms. The molecule has 0 aromatic heterocycles. The summed E-state index contributed by atoms with van der Waals surface area (Å²) in [4.78, 5) is 20.1. The van der Waals surface area contributed by atoms with E-state index in [1.165, 1.54) is 0 Å². The summed E-state index contributed by atoms with van der Waals surface area (Å²) in [6, 6.07) is 0.